The van der Waals surface area contributed by atoms with E-state index in [2.05, 4.69) is 16.3 Å². The van der Waals surface area contributed by atoms with Gasteiger partial charge in [-0.25, -0.2) is 0 Å². The Morgan fingerprint density at radius 2 is 1.94 bits per heavy atom. The highest BCUT2D eigenvalue weighted by molar-refractivity contribution is 6.29. The summed E-state index contributed by atoms with van der Waals surface area (Å²) >= 11 is 5.68. The van der Waals surface area contributed by atoms with Gasteiger partial charge in [-0.1, -0.05) is 35.9 Å². The van der Waals surface area contributed by atoms with Gasteiger partial charge in [0.05, 0.1) is 11.8 Å². The molecule has 0 bridgehead atoms. The van der Waals surface area contributed by atoms with Crippen molar-refractivity contribution in [2.24, 2.45) is 0 Å². The fourth-order valence-corrected chi connectivity index (χ4v) is 1.79. The summed E-state index contributed by atoms with van der Waals surface area (Å²) in [5.41, 5.74) is 2.63. The van der Waals surface area contributed by atoms with E-state index in [0.717, 1.165) is 11.1 Å². The Balaban J connectivity index is 2.45. The van der Waals surface area contributed by atoms with Crippen molar-refractivity contribution in [1.29, 1.82) is 5.26 Å². The Labute approximate surface area is 105 Å². The molecule has 2 aromatic rings. The molecule has 0 spiro atoms. The van der Waals surface area contributed by atoms with Crippen LogP contribution in [0.3, 0.4) is 0 Å². The molecule has 0 saturated heterocycles. The highest BCUT2D eigenvalue weighted by atomic mass is 35.5. The van der Waals surface area contributed by atoms with Crippen LogP contribution in [0.1, 0.15) is 22.7 Å². The van der Waals surface area contributed by atoms with Crippen molar-refractivity contribution < 1.29 is 0 Å². The highest BCUT2D eigenvalue weighted by Crippen LogP contribution is 2.25. The quantitative estimate of drug-likeness (QED) is 0.814. The Morgan fingerprint density at radius 3 is 2.53 bits per heavy atom. The minimum absolute atomic E-state index is 0.329. The van der Waals surface area contributed by atoms with Crippen LogP contribution in [0.5, 0.6) is 0 Å². The van der Waals surface area contributed by atoms with Gasteiger partial charge in [0.2, 0.25) is 0 Å². The third-order valence-corrected chi connectivity index (χ3v) is 2.78. The summed E-state index contributed by atoms with van der Waals surface area (Å²) in [6.45, 7) is 1.98. The number of aromatic nitrogens is 2. The van der Waals surface area contributed by atoms with Crippen LogP contribution in [0.2, 0.25) is 5.15 Å². The molecule has 0 amide bonds. The van der Waals surface area contributed by atoms with E-state index in [1.807, 2.05) is 31.2 Å². The van der Waals surface area contributed by atoms with Gasteiger partial charge in [0.25, 0.3) is 0 Å². The number of nitrogens with zero attached hydrogens (tertiary/aromatic N) is 3. The molecule has 0 radical (unpaired) electrons. The zero-order valence-corrected chi connectivity index (χ0v) is 10.0. The molecule has 0 aliphatic heterocycles. The lowest BCUT2D eigenvalue weighted by atomic mass is 9.93. The minimum Gasteiger partial charge on any atom is -0.197 e. The van der Waals surface area contributed by atoms with E-state index in [1.165, 1.54) is 0 Å². The first-order valence-electron chi connectivity index (χ1n) is 5.16. The maximum atomic E-state index is 9.28. The third kappa shape index (κ3) is 2.43. The fourth-order valence-electron chi connectivity index (χ4n) is 1.69. The lowest BCUT2D eigenvalue weighted by molar-refractivity contribution is 0.879. The molecule has 0 saturated carbocycles. The monoisotopic (exact) mass is 243 g/mol. The highest BCUT2D eigenvalue weighted by Gasteiger charge is 2.16. The second-order valence-electron chi connectivity index (χ2n) is 3.70. The first-order valence-corrected chi connectivity index (χ1v) is 5.54. The predicted octanol–water partition coefficient (Wildman–Crippen LogP) is 3.09. The van der Waals surface area contributed by atoms with Gasteiger partial charge in [-0.2, -0.15) is 10.4 Å². The third-order valence-electron chi connectivity index (χ3n) is 2.58. The maximum absolute atomic E-state index is 9.28. The summed E-state index contributed by atoms with van der Waals surface area (Å²) in [6, 6.07) is 13.4. The Hall–Kier alpha value is -1.92. The fraction of sp³-hybridized carbons (Fsp3) is 0.154. The van der Waals surface area contributed by atoms with Gasteiger partial charge in [-0.3, -0.25) is 0 Å². The summed E-state index contributed by atoms with van der Waals surface area (Å²) < 4.78 is 0. The molecular weight excluding hydrogens is 234 g/mol. The Bertz CT molecular complexity index is 558. The van der Waals surface area contributed by atoms with E-state index >= 15 is 0 Å². The van der Waals surface area contributed by atoms with Crippen molar-refractivity contribution in [3.63, 3.8) is 0 Å². The number of benzene rings is 1. The summed E-state index contributed by atoms with van der Waals surface area (Å²) in [6.07, 6.45) is 0. The number of hydrogen-bond acceptors (Lipinski definition) is 3. The smallest absolute Gasteiger partial charge is 0.151 e. The first-order chi connectivity index (χ1) is 8.22. The number of aryl methyl sites for hydroxylation is 1. The number of nitriles is 1. The SMILES string of the molecule is Cc1ccccc1[C@@H](C#N)c1ccc(Cl)nn1. The van der Waals surface area contributed by atoms with E-state index in [9.17, 15) is 5.26 Å². The van der Waals surface area contributed by atoms with Crippen molar-refractivity contribution >= 4 is 11.6 Å². The number of rotatable bonds is 2. The van der Waals surface area contributed by atoms with Crippen molar-refractivity contribution in [2.75, 3.05) is 0 Å². The molecule has 4 heteroatoms. The molecular formula is C13H10ClN3. The molecule has 0 unspecified atom stereocenters. The van der Waals surface area contributed by atoms with Crippen LogP contribution in [0.4, 0.5) is 0 Å². The van der Waals surface area contributed by atoms with Crippen LogP contribution < -0.4 is 0 Å². The van der Waals surface area contributed by atoms with Gasteiger partial charge in [0, 0.05) is 0 Å². The standard InChI is InChI=1S/C13H10ClN3/c1-9-4-2-3-5-10(9)11(8-15)12-6-7-13(14)17-16-12/h2-7,11H,1H3/t11-/m1/s1. The molecule has 0 fully saturated rings. The first kappa shape index (κ1) is 11.6. The second kappa shape index (κ2) is 4.94. The van der Waals surface area contributed by atoms with E-state index < -0.39 is 5.92 Å². The van der Waals surface area contributed by atoms with Crippen molar-refractivity contribution in [3.05, 3.63) is 58.4 Å². The van der Waals surface area contributed by atoms with Crippen LogP contribution >= 0.6 is 11.6 Å². The summed E-state index contributed by atoms with van der Waals surface area (Å²) in [5, 5.41) is 17.3. The van der Waals surface area contributed by atoms with Crippen LogP contribution in [-0.2, 0) is 0 Å². The Morgan fingerprint density at radius 1 is 1.18 bits per heavy atom. The van der Waals surface area contributed by atoms with E-state index in [1.54, 1.807) is 12.1 Å². The molecule has 17 heavy (non-hydrogen) atoms. The van der Waals surface area contributed by atoms with Gasteiger partial charge >= 0.3 is 0 Å². The molecule has 1 heterocycles. The zero-order chi connectivity index (χ0) is 12.3. The molecule has 0 aliphatic carbocycles. The lowest BCUT2D eigenvalue weighted by Gasteiger charge is -2.10. The predicted molar refractivity (Wildman–Crippen MR) is 65.7 cm³/mol. The average molecular weight is 244 g/mol. The topological polar surface area (TPSA) is 49.6 Å². The molecule has 0 N–H and O–H groups in total. The van der Waals surface area contributed by atoms with Gasteiger partial charge < -0.3 is 0 Å². The summed E-state index contributed by atoms with van der Waals surface area (Å²) in [7, 11) is 0. The van der Waals surface area contributed by atoms with Crippen molar-refractivity contribution in [2.45, 2.75) is 12.8 Å². The molecule has 2 rings (SSSR count). The molecule has 1 aromatic heterocycles. The van der Waals surface area contributed by atoms with E-state index in [0.29, 0.717) is 10.8 Å². The van der Waals surface area contributed by atoms with Crippen LogP contribution in [0.15, 0.2) is 36.4 Å². The van der Waals surface area contributed by atoms with Gasteiger partial charge in [0.1, 0.15) is 5.92 Å². The summed E-state index contributed by atoms with van der Waals surface area (Å²) in [5.74, 6) is -0.402. The summed E-state index contributed by atoms with van der Waals surface area (Å²) in [4.78, 5) is 0. The molecule has 0 aliphatic rings. The van der Waals surface area contributed by atoms with Crippen LogP contribution in [-0.4, -0.2) is 10.2 Å². The van der Waals surface area contributed by atoms with Crippen LogP contribution in [0, 0.1) is 18.3 Å². The van der Waals surface area contributed by atoms with Crippen LogP contribution in [0.25, 0.3) is 0 Å². The normalized spacial score (nSPS) is 11.8. The van der Waals surface area contributed by atoms with Gasteiger partial charge in [0.15, 0.2) is 5.15 Å². The molecule has 3 nitrogen and oxygen atoms in total. The second-order valence-corrected chi connectivity index (χ2v) is 4.09. The number of hydrogen-bond donors (Lipinski definition) is 0. The number of halogens is 1. The van der Waals surface area contributed by atoms with Crippen molar-refractivity contribution in [3.8, 4) is 6.07 Å². The lowest BCUT2D eigenvalue weighted by Crippen LogP contribution is -2.04. The van der Waals surface area contributed by atoms with Gasteiger partial charge in [-0.05, 0) is 30.2 Å². The van der Waals surface area contributed by atoms with Crippen molar-refractivity contribution in [1.82, 2.24) is 10.2 Å². The maximum Gasteiger partial charge on any atom is 0.151 e. The molecule has 84 valence electrons. The molecule has 1 atom stereocenters. The largest absolute Gasteiger partial charge is 0.197 e. The Kier molecular flexibility index (Phi) is 3.36. The van der Waals surface area contributed by atoms with E-state index in [4.69, 9.17) is 11.6 Å². The average Bonchev–Trinajstić information content (AvgIpc) is 2.35. The van der Waals surface area contributed by atoms with E-state index in [-0.39, 0.29) is 0 Å². The van der Waals surface area contributed by atoms with Gasteiger partial charge in [-0.15, -0.1) is 5.10 Å². The zero-order valence-electron chi connectivity index (χ0n) is 9.26. The minimum atomic E-state index is -0.402. The molecule has 1 aromatic carbocycles.